The quantitative estimate of drug-likeness (QED) is 0.307. The minimum atomic E-state index is -4.50. The van der Waals surface area contributed by atoms with Crippen molar-refractivity contribution < 1.29 is 32.2 Å². The number of alkyl halides is 3. The van der Waals surface area contributed by atoms with Crippen LogP contribution in [0.4, 0.5) is 23.7 Å². The number of rotatable bonds is 9. The molecule has 3 heterocycles. The Kier molecular flexibility index (Phi) is 10.3. The summed E-state index contributed by atoms with van der Waals surface area (Å²) in [5.41, 5.74) is 2.42. The number of anilines is 1. The van der Waals surface area contributed by atoms with Crippen molar-refractivity contribution in [3.63, 3.8) is 0 Å². The number of hydrogen-bond acceptors (Lipinski definition) is 5. The lowest BCUT2D eigenvalue weighted by atomic mass is 9.93. The predicted molar refractivity (Wildman–Crippen MR) is 161 cm³/mol. The van der Waals surface area contributed by atoms with Crippen molar-refractivity contribution in [3.8, 4) is 0 Å². The number of hydrogen-bond donors (Lipinski definition) is 1. The summed E-state index contributed by atoms with van der Waals surface area (Å²) in [6.45, 7) is 7.99. The fraction of sp³-hybridized carbons (Fsp3) is 0.455. The highest BCUT2D eigenvalue weighted by atomic mass is 19.4. The smallest absolute Gasteiger partial charge is 0.416 e. The Morgan fingerprint density at radius 2 is 1.68 bits per heavy atom. The number of nitrogens with zero attached hydrogens (tertiary/aromatic N) is 3. The Hall–Kier alpha value is -3.83. The topological polar surface area (TPSA) is 76.0 Å². The van der Waals surface area contributed by atoms with E-state index in [1.807, 2.05) is 43.3 Å². The summed E-state index contributed by atoms with van der Waals surface area (Å²) >= 11 is 0. The first kappa shape index (κ1) is 31.6. The van der Waals surface area contributed by atoms with Gasteiger partial charge in [0.2, 0.25) is 0 Å². The van der Waals surface area contributed by atoms with Crippen molar-refractivity contribution in [1.82, 2.24) is 14.4 Å². The molecule has 1 N–H and O–H groups in total. The average molecular weight is 613 g/mol. The van der Waals surface area contributed by atoms with E-state index < -0.39 is 17.6 Å². The summed E-state index contributed by atoms with van der Waals surface area (Å²) in [4.78, 5) is 30.2. The average Bonchev–Trinajstić information content (AvgIpc) is 3.36. The molecule has 0 unspecified atom stereocenters. The van der Waals surface area contributed by atoms with Gasteiger partial charge >= 0.3 is 12.3 Å². The van der Waals surface area contributed by atoms with Gasteiger partial charge in [-0.2, -0.15) is 13.2 Å². The molecule has 2 amide bonds. The van der Waals surface area contributed by atoms with Gasteiger partial charge in [0.05, 0.1) is 24.3 Å². The molecule has 2 aliphatic rings. The number of nitrogens with one attached hydrogen (secondary N) is 1. The van der Waals surface area contributed by atoms with E-state index in [0.717, 1.165) is 68.4 Å². The van der Waals surface area contributed by atoms with Gasteiger partial charge in [0.1, 0.15) is 6.61 Å². The van der Waals surface area contributed by atoms with Crippen LogP contribution in [0.15, 0.2) is 60.7 Å². The maximum absolute atomic E-state index is 13.4. The molecule has 0 saturated carbocycles. The van der Waals surface area contributed by atoms with Gasteiger partial charge in [-0.3, -0.25) is 9.69 Å². The van der Waals surface area contributed by atoms with E-state index in [1.54, 1.807) is 4.90 Å². The number of carbonyl (C=O) groups is 2. The molecule has 2 aliphatic heterocycles. The fourth-order valence-electron chi connectivity index (χ4n) is 5.95. The van der Waals surface area contributed by atoms with E-state index in [4.69, 9.17) is 9.47 Å². The Morgan fingerprint density at radius 3 is 2.39 bits per heavy atom. The van der Waals surface area contributed by atoms with Crippen LogP contribution in [0.2, 0.25) is 0 Å². The molecule has 2 saturated heterocycles. The molecule has 0 radical (unpaired) electrons. The van der Waals surface area contributed by atoms with Gasteiger partial charge in [0, 0.05) is 62.3 Å². The zero-order chi connectivity index (χ0) is 31.1. The second kappa shape index (κ2) is 14.3. The minimum Gasteiger partial charge on any atom is -0.445 e. The number of halogens is 3. The molecule has 44 heavy (non-hydrogen) atoms. The monoisotopic (exact) mass is 612 g/mol. The van der Waals surface area contributed by atoms with Gasteiger partial charge in [-0.25, -0.2) is 4.79 Å². The SMILES string of the molecule is Cc1c(C(=O)Nc2cccc(C(F)(F)F)c2)cc(C2CCN(C(=O)OCc3ccccc3)CC2)n1CCCN1CCOCC1. The molecule has 236 valence electrons. The maximum Gasteiger partial charge on any atom is 0.416 e. The largest absolute Gasteiger partial charge is 0.445 e. The molecule has 0 spiro atoms. The number of piperidine rings is 1. The number of likely N-dealkylation sites (tertiary alicyclic amines) is 1. The minimum absolute atomic E-state index is 0.0909. The molecule has 0 bridgehead atoms. The highest BCUT2D eigenvalue weighted by Crippen LogP contribution is 2.33. The molecular weight excluding hydrogens is 573 g/mol. The molecule has 2 fully saturated rings. The van der Waals surface area contributed by atoms with Crippen molar-refractivity contribution in [2.45, 2.75) is 51.4 Å². The molecule has 11 heteroatoms. The second-order valence-electron chi connectivity index (χ2n) is 11.4. The predicted octanol–water partition coefficient (Wildman–Crippen LogP) is 6.31. The van der Waals surface area contributed by atoms with Gasteiger partial charge < -0.3 is 24.3 Å². The molecule has 0 aliphatic carbocycles. The van der Waals surface area contributed by atoms with E-state index in [9.17, 15) is 22.8 Å². The lowest BCUT2D eigenvalue weighted by molar-refractivity contribution is -0.137. The molecule has 2 aromatic carbocycles. The standard InChI is InChI=1S/C33H39F3N4O4/c1-24-29(31(41)37-28-10-5-9-27(21-28)33(34,35)36)22-30(40(24)14-6-13-38-17-19-43-20-18-38)26-11-15-39(16-12-26)32(42)44-23-25-7-3-2-4-8-25/h2-5,7-10,21-22,26H,6,11-20,23H2,1H3,(H,37,41). The number of ether oxygens (including phenoxy) is 2. The van der Waals surface area contributed by atoms with Crippen molar-refractivity contribution in [1.29, 1.82) is 0 Å². The normalized spacial score (nSPS) is 16.6. The first-order chi connectivity index (χ1) is 21.2. The van der Waals surface area contributed by atoms with Crippen molar-refractivity contribution in [2.24, 2.45) is 0 Å². The van der Waals surface area contributed by atoms with Crippen LogP contribution in [0.5, 0.6) is 0 Å². The summed E-state index contributed by atoms with van der Waals surface area (Å²) in [7, 11) is 0. The Bertz CT molecular complexity index is 1410. The Balaban J connectivity index is 1.28. The molecule has 3 aromatic rings. The zero-order valence-electron chi connectivity index (χ0n) is 24.9. The molecule has 1 aromatic heterocycles. The molecule has 0 atom stereocenters. The summed E-state index contributed by atoms with van der Waals surface area (Å²) < 4.78 is 52.9. The Labute approximate surface area is 255 Å². The Morgan fingerprint density at radius 1 is 0.955 bits per heavy atom. The van der Waals surface area contributed by atoms with Gasteiger partial charge in [0.25, 0.3) is 5.91 Å². The van der Waals surface area contributed by atoms with Crippen LogP contribution >= 0.6 is 0 Å². The third-order valence-electron chi connectivity index (χ3n) is 8.43. The third-order valence-corrected chi connectivity index (χ3v) is 8.43. The van der Waals surface area contributed by atoms with Crippen LogP contribution in [0.1, 0.15) is 58.1 Å². The number of aromatic nitrogens is 1. The summed E-state index contributed by atoms with van der Waals surface area (Å²) in [5, 5.41) is 2.67. The lowest BCUT2D eigenvalue weighted by Crippen LogP contribution is -2.38. The molecule has 5 rings (SSSR count). The van der Waals surface area contributed by atoms with Crippen molar-refractivity contribution >= 4 is 17.7 Å². The van der Waals surface area contributed by atoms with Crippen LogP contribution in [0.3, 0.4) is 0 Å². The highest BCUT2D eigenvalue weighted by Gasteiger charge is 2.31. The lowest BCUT2D eigenvalue weighted by Gasteiger charge is -2.32. The zero-order valence-corrected chi connectivity index (χ0v) is 24.9. The summed E-state index contributed by atoms with van der Waals surface area (Å²) in [5.74, 6) is -0.331. The van der Waals surface area contributed by atoms with Gasteiger partial charge in [-0.05, 0) is 56.0 Å². The van der Waals surface area contributed by atoms with Crippen LogP contribution in [-0.2, 0) is 28.8 Å². The van der Waals surface area contributed by atoms with Crippen LogP contribution < -0.4 is 5.32 Å². The molecular formula is C33H39F3N4O4. The fourth-order valence-corrected chi connectivity index (χ4v) is 5.95. The van der Waals surface area contributed by atoms with Gasteiger partial charge in [-0.1, -0.05) is 36.4 Å². The van der Waals surface area contributed by atoms with E-state index in [2.05, 4.69) is 14.8 Å². The third kappa shape index (κ3) is 8.00. The van der Waals surface area contributed by atoms with Gasteiger partial charge in [-0.15, -0.1) is 0 Å². The number of carbonyl (C=O) groups excluding carboxylic acids is 2. The highest BCUT2D eigenvalue weighted by molar-refractivity contribution is 6.05. The first-order valence-electron chi connectivity index (χ1n) is 15.1. The maximum atomic E-state index is 13.4. The number of morpholine rings is 1. The van der Waals surface area contributed by atoms with E-state index in [1.165, 1.54) is 12.1 Å². The second-order valence-corrected chi connectivity index (χ2v) is 11.4. The first-order valence-corrected chi connectivity index (χ1v) is 15.1. The summed E-state index contributed by atoms with van der Waals surface area (Å²) in [6, 6.07) is 16.1. The molecule has 8 nitrogen and oxygen atoms in total. The summed E-state index contributed by atoms with van der Waals surface area (Å²) in [6.07, 6.45) is -2.55. The van der Waals surface area contributed by atoms with Gasteiger partial charge in [0.15, 0.2) is 0 Å². The number of amides is 2. The van der Waals surface area contributed by atoms with Crippen LogP contribution in [0, 0.1) is 6.92 Å². The van der Waals surface area contributed by atoms with Crippen molar-refractivity contribution in [2.75, 3.05) is 51.3 Å². The number of benzene rings is 2. The van der Waals surface area contributed by atoms with E-state index in [0.29, 0.717) is 38.0 Å². The van der Waals surface area contributed by atoms with E-state index >= 15 is 0 Å². The van der Waals surface area contributed by atoms with Crippen molar-refractivity contribution in [3.05, 3.63) is 88.7 Å². The van der Waals surface area contributed by atoms with Crippen LogP contribution in [0.25, 0.3) is 0 Å². The van der Waals surface area contributed by atoms with E-state index in [-0.39, 0.29) is 24.3 Å². The van der Waals surface area contributed by atoms with Crippen LogP contribution in [-0.4, -0.2) is 72.3 Å².